The van der Waals surface area contributed by atoms with Crippen molar-refractivity contribution in [3.63, 3.8) is 0 Å². The van der Waals surface area contributed by atoms with E-state index in [1.54, 1.807) is 4.68 Å². The maximum absolute atomic E-state index is 5.95. The number of morpholine rings is 1. The van der Waals surface area contributed by atoms with Gasteiger partial charge < -0.3 is 19.5 Å². The lowest BCUT2D eigenvalue weighted by Gasteiger charge is -2.34. The number of aliphatic imine (C=N–C) groups is 1. The van der Waals surface area contributed by atoms with Gasteiger partial charge in [0.1, 0.15) is 11.9 Å². The fourth-order valence-electron chi connectivity index (χ4n) is 3.75. The van der Waals surface area contributed by atoms with Crippen LogP contribution < -0.4 is 5.32 Å². The standard InChI is InChI=1S/C22H29N7O/c1-23-22(29-12-13-30-20(17-29)19-14-26-27(2)16-19)25-15-21-24-9-11-28(21)10-8-18-6-4-3-5-7-18/h3-7,9,11,14,16,20H,8,10,12-13,15,17H2,1-2H3,(H,23,25). The zero-order chi connectivity index (χ0) is 20.8. The number of nitrogens with zero attached hydrogens (tertiary/aromatic N) is 6. The van der Waals surface area contributed by atoms with Crippen molar-refractivity contribution in [2.24, 2.45) is 12.0 Å². The van der Waals surface area contributed by atoms with Gasteiger partial charge in [-0.15, -0.1) is 0 Å². The highest BCUT2D eigenvalue weighted by Crippen LogP contribution is 2.21. The van der Waals surface area contributed by atoms with E-state index in [0.717, 1.165) is 43.4 Å². The number of guanidine groups is 1. The van der Waals surface area contributed by atoms with Crippen LogP contribution in [0.3, 0.4) is 0 Å². The van der Waals surface area contributed by atoms with Gasteiger partial charge in [0.05, 0.1) is 25.9 Å². The Morgan fingerprint density at radius 1 is 1.30 bits per heavy atom. The topological polar surface area (TPSA) is 72.5 Å². The number of imidazole rings is 1. The quantitative estimate of drug-likeness (QED) is 0.500. The van der Waals surface area contributed by atoms with E-state index in [1.807, 2.05) is 44.9 Å². The Labute approximate surface area is 177 Å². The molecule has 1 aliphatic heterocycles. The molecule has 0 bridgehead atoms. The molecule has 2 aromatic heterocycles. The van der Waals surface area contributed by atoms with Crippen LogP contribution in [0.1, 0.15) is 23.1 Å². The molecule has 4 rings (SSSR count). The maximum Gasteiger partial charge on any atom is 0.194 e. The van der Waals surface area contributed by atoms with Crippen LogP contribution in [-0.4, -0.2) is 56.9 Å². The molecule has 30 heavy (non-hydrogen) atoms. The molecule has 1 atom stereocenters. The lowest BCUT2D eigenvalue weighted by atomic mass is 10.1. The average molecular weight is 408 g/mol. The van der Waals surface area contributed by atoms with Crippen LogP contribution in [0.5, 0.6) is 0 Å². The monoisotopic (exact) mass is 407 g/mol. The minimum atomic E-state index is -0.00106. The Hall–Kier alpha value is -3.13. The third-order valence-electron chi connectivity index (χ3n) is 5.36. The summed E-state index contributed by atoms with van der Waals surface area (Å²) in [5, 5.41) is 7.74. The van der Waals surface area contributed by atoms with E-state index in [-0.39, 0.29) is 6.10 Å². The molecule has 1 aromatic carbocycles. The third-order valence-corrected chi connectivity index (χ3v) is 5.36. The van der Waals surface area contributed by atoms with Crippen LogP contribution in [0.4, 0.5) is 0 Å². The Morgan fingerprint density at radius 2 is 2.17 bits per heavy atom. The summed E-state index contributed by atoms with van der Waals surface area (Å²) in [5.41, 5.74) is 2.42. The number of rotatable bonds is 6. The maximum atomic E-state index is 5.95. The van der Waals surface area contributed by atoms with Gasteiger partial charge in [-0.1, -0.05) is 30.3 Å². The molecular formula is C22H29N7O. The smallest absolute Gasteiger partial charge is 0.194 e. The molecule has 1 N–H and O–H groups in total. The van der Waals surface area contributed by atoms with Crippen LogP contribution >= 0.6 is 0 Å². The van der Waals surface area contributed by atoms with Crippen LogP contribution in [0.2, 0.25) is 0 Å². The number of ether oxygens (including phenoxy) is 1. The Morgan fingerprint density at radius 3 is 2.93 bits per heavy atom. The highest BCUT2D eigenvalue weighted by atomic mass is 16.5. The van der Waals surface area contributed by atoms with Crippen molar-refractivity contribution in [2.75, 3.05) is 26.7 Å². The van der Waals surface area contributed by atoms with Gasteiger partial charge in [-0.25, -0.2) is 4.98 Å². The van der Waals surface area contributed by atoms with E-state index in [9.17, 15) is 0 Å². The predicted octanol–water partition coefficient (Wildman–Crippen LogP) is 2.01. The zero-order valence-corrected chi connectivity index (χ0v) is 17.6. The molecule has 3 aromatic rings. The third kappa shape index (κ3) is 4.88. The number of nitrogens with one attached hydrogen (secondary N) is 1. The van der Waals surface area contributed by atoms with Crippen molar-refractivity contribution in [3.05, 3.63) is 72.1 Å². The Kier molecular flexibility index (Phi) is 6.44. The van der Waals surface area contributed by atoms with Crippen molar-refractivity contribution < 1.29 is 4.74 Å². The average Bonchev–Trinajstić information content (AvgIpc) is 3.42. The summed E-state index contributed by atoms with van der Waals surface area (Å²) in [4.78, 5) is 11.3. The van der Waals surface area contributed by atoms with Gasteiger partial charge >= 0.3 is 0 Å². The van der Waals surface area contributed by atoms with Crippen LogP contribution in [0, 0.1) is 0 Å². The predicted molar refractivity (Wildman–Crippen MR) is 116 cm³/mol. The second-order valence-corrected chi connectivity index (χ2v) is 7.43. The van der Waals surface area contributed by atoms with E-state index in [1.165, 1.54) is 5.56 Å². The lowest BCUT2D eigenvalue weighted by Crippen LogP contribution is -2.48. The van der Waals surface area contributed by atoms with Gasteiger partial charge in [0, 0.05) is 51.3 Å². The first-order valence-electron chi connectivity index (χ1n) is 10.3. The first-order valence-corrected chi connectivity index (χ1v) is 10.3. The largest absolute Gasteiger partial charge is 0.370 e. The summed E-state index contributed by atoms with van der Waals surface area (Å²) in [6, 6.07) is 10.5. The molecule has 0 spiro atoms. The summed E-state index contributed by atoms with van der Waals surface area (Å²) < 4.78 is 9.96. The van der Waals surface area contributed by atoms with E-state index < -0.39 is 0 Å². The number of hydrogen-bond acceptors (Lipinski definition) is 4. The van der Waals surface area contributed by atoms with Gasteiger partial charge in [-0.05, 0) is 12.0 Å². The normalized spacial score (nSPS) is 17.3. The van der Waals surface area contributed by atoms with Gasteiger partial charge in [0.25, 0.3) is 0 Å². The molecule has 0 saturated carbocycles. The summed E-state index contributed by atoms with van der Waals surface area (Å²) in [7, 11) is 3.74. The minimum Gasteiger partial charge on any atom is -0.370 e. The van der Waals surface area contributed by atoms with Crippen LogP contribution in [-0.2, 0) is 31.3 Å². The number of aromatic nitrogens is 4. The van der Waals surface area contributed by atoms with Crippen molar-refractivity contribution in [3.8, 4) is 0 Å². The number of hydrogen-bond donors (Lipinski definition) is 1. The number of benzene rings is 1. The summed E-state index contributed by atoms with van der Waals surface area (Å²) in [6.45, 7) is 3.74. The molecule has 1 fully saturated rings. The van der Waals surface area contributed by atoms with Crippen molar-refractivity contribution in [1.82, 2.24) is 29.5 Å². The fourth-order valence-corrected chi connectivity index (χ4v) is 3.75. The number of aryl methyl sites for hydroxylation is 3. The molecular weight excluding hydrogens is 378 g/mol. The lowest BCUT2D eigenvalue weighted by molar-refractivity contribution is -0.00806. The molecule has 0 radical (unpaired) electrons. The highest BCUT2D eigenvalue weighted by molar-refractivity contribution is 5.80. The van der Waals surface area contributed by atoms with Gasteiger partial charge in [0.2, 0.25) is 0 Å². The van der Waals surface area contributed by atoms with E-state index in [4.69, 9.17) is 4.74 Å². The molecule has 8 nitrogen and oxygen atoms in total. The second-order valence-electron chi connectivity index (χ2n) is 7.43. The van der Waals surface area contributed by atoms with Crippen LogP contribution in [0.25, 0.3) is 0 Å². The molecule has 158 valence electrons. The minimum absolute atomic E-state index is 0.00106. The molecule has 1 saturated heterocycles. The van der Waals surface area contributed by atoms with E-state index >= 15 is 0 Å². The van der Waals surface area contributed by atoms with Gasteiger partial charge in [-0.3, -0.25) is 9.67 Å². The van der Waals surface area contributed by atoms with Crippen molar-refractivity contribution in [1.29, 1.82) is 0 Å². The first-order chi connectivity index (χ1) is 14.7. The molecule has 1 aliphatic rings. The van der Waals surface area contributed by atoms with E-state index in [2.05, 4.69) is 54.1 Å². The van der Waals surface area contributed by atoms with Crippen molar-refractivity contribution in [2.45, 2.75) is 25.6 Å². The molecule has 3 heterocycles. The summed E-state index contributed by atoms with van der Waals surface area (Å²) in [6.07, 6.45) is 8.75. The van der Waals surface area contributed by atoms with Crippen LogP contribution in [0.15, 0.2) is 60.1 Å². The SMILES string of the molecule is CN=C(NCc1nccn1CCc1ccccc1)N1CCOC(c2cnn(C)c2)C1. The van der Waals surface area contributed by atoms with Gasteiger partial charge in [-0.2, -0.15) is 5.10 Å². The second kappa shape index (κ2) is 9.58. The molecule has 0 aliphatic carbocycles. The highest BCUT2D eigenvalue weighted by Gasteiger charge is 2.25. The zero-order valence-electron chi connectivity index (χ0n) is 17.6. The summed E-state index contributed by atoms with van der Waals surface area (Å²) in [5.74, 6) is 1.87. The molecule has 0 amide bonds. The van der Waals surface area contributed by atoms with Gasteiger partial charge in [0.15, 0.2) is 5.96 Å². The van der Waals surface area contributed by atoms with Crippen molar-refractivity contribution >= 4 is 5.96 Å². The molecule has 1 unspecified atom stereocenters. The summed E-state index contributed by atoms with van der Waals surface area (Å²) >= 11 is 0. The van der Waals surface area contributed by atoms with E-state index in [0.29, 0.717) is 13.2 Å². The molecule has 8 heteroatoms. The Balaban J connectivity index is 1.34. The Bertz CT molecular complexity index is 963. The fraction of sp³-hybridized carbons (Fsp3) is 0.409. The first kappa shape index (κ1) is 20.2.